The van der Waals surface area contributed by atoms with E-state index in [2.05, 4.69) is 6.07 Å². The Hall–Kier alpha value is -2.08. The summed E-state index contributed by atoms with van der Waals surface area (Å²) in [6, 6.07) is 6.06. The van der Waals surface area contributed by atoms with Crippen molar-refractivity contribution in [1.82, 2.24) is 9.80 Å². The molecule has 0 saturated carbocycles. The van der Waals surface area contributed by atoms with Crippen molar-refractivity contribution >= 4 is 11.8 Å². The third kappa shape index (κ3) is 3.70. The second-order valence-electron chi connectivity index (χ2n) is 6.69. The summed E-state index contributed by atoms with van der Waals surface area (Å²) in [5, 5.41) is 0. The molecule has 2 heterocycles. The second-order valence-corrected chi connectivity index (χ2v) is 6.69. The highest BCUT2D eigenvalue weighted by Crippen LogP contribution is 2.26. The highest BCUT2D eigenvalue weighted by molar-refractivity contribution is 5.80. The van der Waals surface area contributed by atoms with Gasteiger partial charge in [-0.15, -0.1) is 0 Å². The van der Waals surface area contributed by atoms with Crippen LogP contribution >= 0.6 is 0 Å². The number of nitrogens with zero attached hydrogens (tertiary/aromatic N) is 2. The predicted molar refractivity (Wildman–Crippen MR) is 90.5 cm³/mol. The van der Waals surface area contributed by atoms with E-state index in [0.717, 1.165) is 38.1 Å². The smallest absolute Gasteiger partial charge is 0.231 e. The van der Waals surface area contributed by atoms with Crippen LogP contribution in [0.25, 0.3) is 0 Å². The van der Waals surface area contributed by atoms with Gasteiger partial charge in [0, 0.05) is 19.6 Å². The van der Waals surface area contributed by atoms with Crippen molar-refractivity contribution in [3.63, 3.8) is 0 Å². The lowest BCUT2D eigenvalue weighted by Crippen LogP contribution is -2.47. The van der Waals surface area contributed by atoms with Crippen molar-refractivity contribution in [3.8, 4) is 5.75 Å². The summed E-state index contributed by atoms with van der Waals surface area (Å²) in [7, 11) is 1.67. The topological polar surface area (TPSA) is 75.9 Å². The van der Waals surface area contributed by atoms with Crippen LogP contribution in [-0.4, -0.2) is 54.9 Å². The quantitative estimate of drug-likeness (QED) is 0.884. The molecule has 6 heteroatoms. The Bertz CT molecular complexity index is 632. The highest BCUT2D eigenvalue weighted by atomic mass is 16.5. The number of nitrogens with two attached hydrogens (primary N) is 1. The number of amides is 2. The summed E-state index contributed by atoms with van der Waals surface area (Å²) >= 11 is 0. The SMILES string of the molecule is COc1ccc2c(c1)CCN(C(=O)C1CCCN(CC(N)=O)C1)C2. The molecule has 0 aromatic heterocycles. The van der Waals surface area contributed by atoms with Crippen LogP contribution in [0.4, 0.5) is 0 Å². The number of rotatable bonds is 4. The van der Waals surface area contributed by atoms with E-state index < -0.39 is 0 Å². The number of likely N-dealkylation sites (tertiary alicyclic amines) is 1. The molecule has 0 spiro atoms. The minimum atomic E-state index is -0.330. The van der Waals surface area contributed by atoms with Crippen molar-refractivity contribution in [3.05, 3.63) is 29.3 Å². The van der Waals surface area contributed by atoms with Gasteiger partial charge in [-0.25, -0.2) is 0 Å². The first-order valence-electron chi connectivity index (χ1n) is 8.52. The Labute approximate surface area is 142 Å². The molecule has 3 rings (SSSR count). The molecule has 0 radical (unpaired) electrons. The molecule has 1 atom stereocenters. The average molecular weight is 331 g/mol. The van der Waals surface area contributed by atoms with E-state index in [1.54, 1.807) is 7.11 Å². The Morgan fingerprint density at radius 1 is 1.29 bits per heavy atom. The van der Waals surface area contributed by atoms with Gasteiger partial charge in [0.1, 0.15) is 5.75 Å². The number of primary amides is 1. The van der Waals surface area contributed by atoms with Crippen molar-refractivity contribution in [2.45, 2.75) is 25.8 Å². The molecule has 1 unspecified atom stereocenters. The first kappa shape index (κ1) is 16.8. The van der Waals surface area contributed by atoms with E-state index in [-0.39, 0.29) is 24.3 Å². The molecule has 1 saturated heterocycles. The van der Waals surface area contributed by atoms with Gasteiger partial charge < -0.3 is 15.4 Å². The van der Waals surface area contributed by atoms with Crippen LogP contribution in [-0.2, 0) is 22.6 Å². The summed E-state index contributed by atoms with van der Waals surface area (Å²) in [6.07, 6.45) is 2.68. The number of carbonyl (C=O) groups is 2. The van der Waals surface area contributed by atoms with Crippen molar-refractivity contribution in [2.75, 3.05) is 33.3 Å². The largest absolute Gasteiger partial charge is 0.497 e. The average Bonchev–Trinajstić information content (AvgIpc) is 2.59. The molecule has 1 fully saturated rings. The van der Waals surface area contributed by atoms with Gasteiger partial charge in [0.05, 0.1) is 19.6 Å². The van der Waals surface area contributed by atoms with Crippen molar-refractivity contribution < 1.29 is 14.3 Å². The number of hydrogen-bond donors (Lipinski definition) is 1. The second kappa shape index (κ2) is 7.21. The fraction of sp³-hybridized carbons (Fsp3) is 0.556. The number of piperidine rings is 1. The van der Waals surface area contributed by atoms with Crippen LogP contribution in [0.15, 0.2) is 18.2 Å². The summed E-state index contributed by atoms with van der Waals surface area (Å²) < 4.78 is 5.27. The number of hydrogen-bond acceptors (Lipinski definition) is 4. The third-order valence-corrected chi connectivity index (χ3v) is 4.97. The number of methoxy groups -OCH3 is 1. The van der Waals surface area contributed by atoms with E-state index >= 15 is 0 Å². The van der Waals surface area contributed by atoms with E-state index in [0.29, 0.717) is 13.1 Å². The highest BCUT2D eigenvalue weighted by Gasteiger charge is 2.31. The van der Waals surface area contributed by atoms with Gasteiger partial charge in [-0.1, -0.05) is 6.07 Å². The summed E-state index contributed by atoms with van der Waals surface area (Å²) in [5.74, 6) is 0.704. The Kier molecular flexibility index (Phi) is 5.04. The minimum absolute atomic E-state index is 0.0297. The van der Waals surface area contributed by atoms with Gasteiger partial charge in [0.2, 0.25) is 11.8 Å². The predicted octanol–water partition coefficient (Wildman–Crippen LogP) is 0.777. The first-order valence-corrected chi connectivity index (χ1v) is 8.52. The standard InChI is InChI=1S/C18H25N3O3/c1-24-16-5-4-14-11-21(8-6-13(14)9-16)18(23)15-3-2-7-20(10-15)12-17(19)22/h4-5,9,15H,2-3,6-8,10-12H2,1H3,(H2,19,22). The van der Waals surface area contributed by atoms with Gasteiger partial charge in [-0.05, 0) is 49.1 Å². The lowest BCUT2D eigenvalue weighted by molar-refractivity contribution is -0.139. The maximum Gasteiger partial charge on any atom is 0.231 e. The molecule has 6 nitrogen and oxygen atoms in total. The molecule has 2 aliphatic heterocycles. The van der Waals surface area contributed by atoms with Gasteiger partial charge in [-0.2, -0.15) is 0 Å². The maximum absolute atomic E-state index is 12.9. The Morgan fingerprint density at radius 3 is 2.88 bits per heavy atom. The van der Waals surface area contributed by atoms with Crippen LogP contribution in [0.1, 0.15) is 24.0 Å². The van der Waals surface area contributed by atoms with Crippen LogP contribution in [0.2, 0.25) is 0 Å². The molecule has 0 bridgehead atoms. The number of fused-ring (bicyclic) bond motifs is 1. The van der Waals surface area contributed by atoms with Crippen LogP contribution in [0.3, 0.4) is 0 Å². The zero-order chi connectivity index (χ0) is 17.1. The first-order chi connectivity index (χ1) is 11.6. The van der Waals surface area contributed by atoms with E-state index in [4.69, 9.17) is 10.5 Å². The molecule has 2 amide bonds. The number of carbonyl (C=O) groups excluding carboxylic acids is 2. The molecule has 24 heavy (non-hydrogen) atoms. The zero-order valence-electron chi connectivity index (χ0n) is 14.2. The lowest BCUT2D eigenvalue weighted by Gasteiger charge is -2.36. The number of benzene rings is 1. The van der Waals surface area contributed by atoms with Gasteiger partial charge in [-0.3, -0.25) is 14.5 Å². The zero-order valence-corrected chi connectivity index (χ0v) is 14.2. The van der Waals surface area contributed by atoms with E-state index in [1.165, 1.54) is 11.1 Å². The normalized spacial score (nSPS) is 21.2. The molecular formula is C18H25N3O3. The van der Waals surface area contributed by atoms with Gasteiger partial charge in [0.25, 0.3) is 0 Å². The lowest BCUT2D eigenvalue weighted by atomic mass is 9.94. The monoisotopic (exact) mass is 331 g/mol. The maximum atomic E-state index is 12.9. The van der Waals surface area contributed by atoms with Crippen LogP contribution in [0.5, 0.6) is 5.75 Å². The molecular weight excluding hydrogens is 306 g/mol. The Morgan fingerprint density at radius 2 is 2.12 bits per heavy atom. The van der Waals surface area contributed by atoms with Crippen molar-refractivity contribution in [2.24, 2.45) is 11.7 Å². The molecule has 2 N–H and O–H groups in total. The molecule has 1 aromatic carbocycles. The van der Waals surface area contributed by atoms with E-state index in [9.17, 15) is 9.59 Å². The third-order valence-electron chi connectivity index (χ3n) is 4.97. The van der Waals surface area contributed by atoms with Gasteiger partial charge >= 0.3 is 0 Å². The van der Waals surface area contributed by atoms with E-state index in [1.807, 2.05) is 21.9 Å². The fourth-order valence-electron chi connectivity index (χ4n) is 3.72. The van der Waals surface area contributed by atoms with Gasteiger partial charge in [0.15, 0.2) is 0 Å². The summed E-state index contributed by atoms with van der Waals surface area (Å²) in [5.41, 5.74) is 7.73. The minimum Gasteiger partial charge on any atom is -0.497 e. The van der Waals surface area contributed by atoms with Crippen molar-refractivity contribution in [1.29, 1.82) is 0 Å². The molecule has 2 aliphatic rings. The molecule has 0 aliphatic carbocycles. The van der Waals surface area contributed by atoms with Crippen LogP contribution in [0, 0.1) is 5.92 Å². The Balaban J connectivity index is 1.64. The summed E-state index contributed by atoms with van der Waals surface area (Å²) in [6.45, 7) is 3.12. The molecule has 130 valence electrons. The fourth-order valence-corrected chi connectivity index (χ4v) is 3.72. The van der Waals surface area contributed by atoms with Crippen LogP contribution < -0.4 is 10.5 Å². The number of ether oxygens (including phenoxy) is 1. The summed E-state index contributed by atoms with van der Waals surface area (Å²) in [4.78, 5) is 27.9. The molecule has 1 aromatic rings.